The van der Waals surface area contributed by atoms with Crippen LogP contribution in [0.3, 0.4) is 0 Å². The van der Waals surface area contributed by atoms with Crippen LogP contribution in [0, 0.1) is 0 Å². The first-order valence-corrected chi connectivity index (χ1v) is 27.3. The summed E-state index contributed by atoms with van der Waals surface area (Å²) in [4.78, 5) is 19.8. The normalized spacial score (nSPS) is 43.0. The molecule has 36 atom stereocenters. The van der Waals surface area contributed by atoms with Gasteiger partial charge in [0.05, 0.1) is 59.5 Å². The zero-order chi connectivity index (χ0) is 71.1. The van der Waals surface area contributed by atoms with Crippen LogP contribution in [0.5, 0.6) is 0 Å². The highest BCUT2D eigenvalue weighted by atomic mass is 16.7. The molecule has 0 spiro atoms. The van der Waals surface area contributed by atoms with Gasteiger partial charge in [-0.05, 0) is 0 Å². The Bertz CT molecular complexity index is 1860. The van der Waals surface area contributed by atoms with E-state index in [1.807, 2.05) is 0 Å². The van der Waals surface area contributed by atoms with Gasteiger partial charge >= 0.3 is 0 Å². The minimum absolute atomic E-state index is 0.0258. The molecule has 45 nitrogen and oxygen atoms in total. The maximum Gasteiger partial charge on any atom is 0.219 e. The van der Waals surface area contributed by atoms with Gasteiger partial charge in [0.2, 0.25) is 5.79 Å². The summed E-state index contributed by atoms with van der Waals surface area (Å²) in [5, 5.41) is 320. The molecule has 0 aliphatic carbocycles. The van der Waals surface area contributed by atoms with Crippen molar-refractivity contribution in [3.63, 3.8) is 0 Å². The fourth-order valence-corrected chi connectivity index (χ4v) is 8.31. The number of aldehydes is 2. The van der Waals surface area contributed by atoms with Crippen LogP contribution in [0.4, 0.5) is 0 Å². The number of ether oxygens (including phenoxy) is 8. The van der Waals surface area contributed by atoms with Crippen molar-refractivity contribution < 1.29 is 226 Å². The molecule has 6 rings (SSSR count). The monoisotopic (exact) mass is 1370 g/mol. The number of hydrogen-bond acceptors (Lipinski definition) is 45. The molecule has 0 radical (unpaired) electrons. The summed E-state index contributed by atoms with van der Waals surface area (Å²) in [6.07, 6.45) is -54.1. The highest BCUT2D eigenvalue weighted by Gasteiger charge is 2.54. The molecule has 6 saturated heterocycles. The van der Waals surface area contributed by atoms with Crippen molar-refractivity contribution in [2.75, 3.05) is 59.5 Å². The molecule has 0 aromatic carbocycles. The zero-order valence-corrected chi connectivity index (χ0v) is 48.0. The van der Waals surface area contributed by atoms with Crippen LogP contribution in [-0.2, 0) is 47.5 Å². The van der Waals surface area contributed by atoms with Gasteiger partial charge in [-0.2, -0.15) is 0 Å². The summed E-state index contributed by atoms with van der Waals surface area (Å²) in [7, 11) is 0. The van der Waals surface area contributed by atoms with Crippen molar-refractivity contribution in [3.05, 3.63) is 0 Å². The molecule has 35 N–H and O–H groups in total. The van der Waals surface area contributed by atoms with Crippen LogP contribution < -0.4 is 0 Å². The molecule has 45 heteroatoms. The van der Waals surface area contributed by atoms with E-state index in [4.69, 9.17) is 131 Å². The molecule has 6 heterocycles. The van der Waals surface area contributed by atoms with Crippen molar-refractivity contribution in [1.29, 1.82) is 0 Å². The first kappa shape index (κ1) is 87.6. The summed E-state index contributed by atoms with van der Waals surface area (Å²) in [6, 6.07) is 0. The first-order chi connectivity index (χ1) is 42.9. The molecule has 0 aromatic heterocycles. The third kappa shape index (κ3) is 23.7. The number of rotatable bonds is 20. The Balaban J connectivity index is 0.000000572. The smallest absolute Gasteiger partial charge is 0.219 e. The van der Waals surface area contributed by atoms with E-state index < -0.39 is 273 Å². The largest absolute Gasteiger partial charge is 0.394 e. The number of carbonyl (C=O) groups is 2. The van der Waals surface area contributed by atoms with Crippen molar-refractivity contribution in [3.8, 4) is 0 Å². The van der Waals surface area contributed by atoms with E-state index in [1.165, 1.54) is 0 Å². The van der Waals surface area contributed by atoms with Gasteiger partial charge in [-0.25, -0.2) is 0 Å². The van der Waals surface area contributed by atoms with E-state index in [9.17, 15) is 86.2 Å². The maximum atomic E-state index is 9.94. The van der Waals surface area contributed by atoms with E-state index in [1.54, 1.807) is 0 Å². The molecule has 6 aliphatic heterocycles. The zero-order valence-electron chi connectivity index (χ0n) is 48.0. The third-order valence-corrected chi connectivity index (χ3v) is 14.2. The minimum Gasteiger partial charge on any atom is -0.394 e. The molecule has 0 bridgehead atoms. The van der Waals surface area contributed by atoms with Gasteiger partial charge in [-0.1, -0.05) is 0 Å². The predicted molar refractivity (Wildman–Crippen MR) is 278 cm³/mol. The SMILES string of the molecule is O=C[C@@H](O)[C@@H](O)[C@H](O)[C@H](O)CO.O=C[C@H](O)[C@@H](O)[C@H](O)[C@H](O)CO.OC1OC[C@@H](O)[C@H](O)[C@H]1O.OC[C@H]1O[C@@H](O[C@H]2[C@H](O)[C@@H](O)[C@H](O)O[C@@H]2CO)[C@H](O)[C@@H](O)[C@@H]1O.OC[C@H]1O[C@@H](O[C@H]2[C@H](O)[C@@H](O)[C@H](O)O[C@@H]2CO)[C@H](O)[C@@H](O)[C@@H]1O.OC[C@H]1O[C@](O)(CO)[C@@H](O)[C@@H]1O. The number of hydrogen-bond donors (Lipinski definition) is 35. The quantitative estimate of drug-likeness (QED) is 0.0503. The van der Waals surface area contributed by atoms with E-state index >= 15 is 0 Å². The topological polar surface area (TPSA) is 816 Å². The average Bonchev–Trinajstić information content (AvgIpc) is 1.18. The van der Waals surface area contributed by atoms with Gasteiger partial charge in [0.15, 0.2) is 44.0 Å². The highest BCUT2D eigenvalue weighted by molar-refractivity contribution is 5.57. The summed E-state index contributed by atoms with van der Waals surface area (Å²) >= 11 is 0. The van der Waals surface area contributed by atoms with Gasteiger partial charge in [0.1, 0.15) is 183 Å². The molecule has 0 aromatic rings. The second-order valence-corrected chi connectivity index (χ2v) is 20.8. The average molecular weight is 1380 g/mol. The standard InChI is InChI=1S/2C12H22O11.3C6H12O6.C5H10O5/c2*13-1-3-5(15)6(16)9(19)12(22-3)23-10-4(2-14)21-11(20)8(18)7(10)17;7-1-3-4(9)5(10)6(11,2-8)12-3;2*7-1-3(9)5(11)6(12)4(10)2-8;6-2-1-10-5(9)4(8)3(2)7/h2*3-20H,1-2H2;3-5,7-11H,1-2H2;2*1,3-6,8-12H,2H2;2-9H,1H2/t2*3-,4-,5-,6+,7-,8-,9-,10-,11-,12+;3-,4-,5+,6-;3-,4+,5+,6+;3-,4-,5-,6-;2-,3+,4-,5?/m111011/s1. The van der Waals surface area contributed by atoms with Crippen molar-refractivity contribution in [2.45, 2.75) is 220 Å². The number of carbonyl (C=O) groups excluding carboxylic acids is 2. The lowest BCUT2D eigenvalue weighted by Crippen LogP contribution is -2.64. The molecule has 548 valence electrons. The van der Waals surface area contributed by atoms with Crippen LogP contribution in [0.2, 0.25) is 0 Å². The molecular formula is C47H90O45. The van der Waals surface area contributed by atoms with Gasteiger partial charge < -0.3 is 226 Å². The highest BCUT2D eigenvalue weighted by Crippen LogP contribution is 2.32. The van der Waals surface area contributed by atoms with Crippen molar-refractivity contribution in [2.24, 2.45) is 0 Å². The third-order valence-electron chi connectivity index (χ3n) is 14.2. The molecule has 6 aliphatic rings. The molecule has 0 saturated carbocycles. The van der Waals surface area contributed by atoms with Gasteiger partial charge in [-0.3, -0.25) is 0 Å². The summed E-state index contributed by atoms with van der Waals surface area (Å²) in [5.41, 5.74) is 0. The van der Waals surface area contributed by atoms with E-state index in [2.05, 4.69) is 9.47 Å². The second kappa shape index (κ2) is 41.8. The Hall–Kier alpha value is -2.38. The van der Waals surface area contributed by atoms with E-state index in [0.717, 1.165) is 0 Å². The van der Waals surface area contributed by atoms with Gasteiger partial charge in [0, 0.05) is 0 Å². The molecule has 92 heavy (non-hydrogen) atoms. The van der Waals surface area contributed by atoms with Crippen LogP contribution in [0.25, 0.3) is 0 Å². The Morgan fingerprint density at radius 1 is 0.380 bits per heavy atom. The molecule has 6 fully saturated rings. The van der Waals surface area contributed by atoms with Crippen LogP contribution in [0.1, 0.15) is 0 Å². The Morgan fingerprint density at radius 3 is 0.989 bits per heavy atom. The van der Waals surface area contributed by atoms with Crippen LogP contribution in [-0.4, -0.2) is 471 Å². The maximum absolute atomic E-state index is 9.94. The van der Waals surface area contributed by atoms with Crippen LogP contribution >= 0.6 is 0 Å². The first-order valence-electron chi connectivity index (χ1n) is 27.3. The molecule has 1 unspecified atom stereocenters. The van der Waals surface area contributed by atoms with Gasteiger partial charge in [0.25, 0.3) is 0 Å². The number of aliphatic hydroxyl groups is 35. The summed E-state index contributed by atoms with van der Waals surface area (Å²) < 4.78 is 39.6. The Morgan fingerprint density at radius 2 is 0.717 bits per heavy atom. The fourth-order valence-electron chi connectivity index (χ4n) is 8.31. The Kier molecular flexibility index (Phi) is 39.8. The van der Waals surface area contributed by atoms with Crippen molar-refractivity contribution in [1.82, 2.24) is 0 Å². The van der Waals surface area contributed by atoms with E-state index in [0.29, 0.717) is 0 Å². The lowest BCUT2D eigenvalue weighted by atomic mass is 9.97. The Labute approximate surface area is 518 Å². The van der Waals surface area contributed by atoms with Crippen molar-refractivity contribution >= 4 is 12.6 Å². The predicted octanol–water partition coefficient (Wildman–Crippen LogP) is -23.4. The molecule has 0 amide bonds. The molecular weight excluding hydrogens is 1280 g/mol. The summed E-state index contributed by atoms with van der Waals surface area (Å²) in [5.74, 6) is -2.16. The minimum atomic E-state index is -2.16. The van der Waals surface area contributed by atoms with Gasteiger partial charge in [-0.15, -0.1) is 0 Å². The lowest BCUT2D eigenvalue weighted by molar-refractivity contribution is -0.355. The second-order valence-electron chi connectivity index (χ2n) is 20.8. The van der Waals surface area contributed by atoms with E-state index in [-0.39, 0.29) is 19.2 Å². The number of aliphatic hydroxyl groups excluding tert-OH is 34. The fraction of sp³-hybridized carbons (Fsp3) is 0.957. The summed E-state index contributed by atoms with van der Waals surface area (Å²) in [6.45, 7) is -5.72. The van der Waals surface area contributed by atoms with Crippen LogP contribution in [0.15, 0.2) is 0 Å². The lowest BCUT2D eigenvalue weighted by Gasteiger charge is -2.45.